The molecular formula is C10H18N2O2. The van der Waals surface area contributed by atoms with Crippen molar-refractivity contribution in [1.82, 2.24) is 10.6 Å². The molecule has 4 nitrogen and oxygen atoms in total. The van der Waals surface area contributed by atoms with Crippen molar-refractivity contribution in [2.45, 2.75) is 26.3 Å². The van der Waals surface area contributed by atoms with Gasteiger partial charge in [0.05, 0.1) is 12.6 Å². The van der Waals surface area contributed by atoms with Gasteiger partial charge in [-0.05, 0) is 19.0 Å². The minimum absolute atomic E-state index is 0.00198. The van der Waals surface area contributed by atoms with Gasteiger partial charge < -0.3 is 15.4 Å². The first-order chi connectivity index (χ1) is 6.72. The second kappa shape index (κ2) is 5.65. The second-order valence-electron chi connectivity index (χ2n) is 3.39. The van der Waals surface area contributed by atoms with E-state index in [9.17, 15) is 4.79 Å². The number of likely N-dealkylation sites (N-methyl/N-ethyl adjacent to an activating group) is 1. The fourth-order valence-electron chi connectivity index (χ4n) is 1.37. The Bertz CT molecular complexity index is 226. The molecule has 1 aliphatic heterocycles. The molecule has 1 aliphatic rings. The number of carbonyl (C=O) groups is 1. The maximum atomic E-state index is 10.8. The van der Waals surface area contributed by atoms with Crippen LogP contribution in [0.5, 0.6) is 0 Å². The van der Waals surface area contributed by atoms with Crippen molar-refractivity contribution >= 4 is 5.91 Å². The molecule has 4 heteroatoms. The van der Waals surface area contributed by atoms with E-state index in [1.807, 2.05) is 6.08 Å². The molecule has 0 saturated carbocycles. The maximum Gasteiger partial charge on any atom is 0.217 e. The Labute approximate surface area is 84.7 Å². The molecule has 1 atom stereocenters. The molecule has 0 aliphatic carbocycles. The summed E-state index contributed by atoms with van der Waals surface area (Å²) < 4.78 is 5.48. The summed E-state index contributed by atoms with van der Waals surface area (Å²) in [5.41, 5.74) is 0. The number of carbonyl (C=O) groups excluding carboxylic acids is 1. The molecule has 0 aromatic carbocycles. The SMILES string of the molecule is CCNCC1=CC[C@@H](NC(C)=O)CO1. The Hall–Kier alpha value is -1.03. The lowest BCUT2D eigenvalue weighted by Gasteiger charge is -2.23. The van der Waals surface area contributed by atoms with Gasteiger partial charge >= 0.3 is 0 Å². The molecule has 0 radical (unpaired) electrons. The van der Waals surface area contributed by atoms with Crippen molar-refractivity contribution in [2.24, 2.45) is 0 Å². The van der Waals surface area contributed by atoms with Crippen LogP contribution in [0, 0.1) is 0 Å². The van der Waals surface area contributed by atoms with Gasteiger partial charge in [-0.15, -0.1) is 0 Å². The highest BCUT2D eigenvalue weighted by molar-refractivity contribution is 5.73. The lowest BCUT2D eigenvalue weighted by Crippen LogP contribution is -2.38. The van der Waals surface area contributed by atoms with Crippen LogP contribution in [0.1, 0.15) is 20.3 Å². The van der Waals surface area contributed by atoms with E-state index in [1.54, 1.807) is 0 Å². The van der Waals surface area contributed by atoms with Crippen molar-refractivity contribution in [1.29, 1.82) is 0 Å². The fraction of sp³-hybridized carbons (Fsp3) is 0.700. The molecule has 0 unspecified atom stereocenters. The van der Waals surface area contributed by atoms with Crippen molar-refractivity contribution in [2.75, 3.05) is 19.7 Å². The molecule has 1 heterocycles. The Morgan fingerprint density at radius 2 is 2.50 bits per heavy atom. The van der Waals surface area contributed by atoms with E-state index >= 15 is 0 Å². The van der Waals surface area contributed by atoms with Crippen molar-refractivity contribution < 1.29 is 9.53 Å². The van der Waals surface area contributed by atoms with Crippen molar-refractivity contribution in [3.63, 3.8) is 0 Å². The van der Waals surface area contributed by atoms with E-state index in [2.05, 4.69) is 17.6 Å². The summed E-state index contributed by atoms with van der Waals surface area (Å²) in [6, 6.07) is 0.137. The molecule has 14 heavy (non-hydrogen) atoms. The molecule has 1 amide bonds. The third-order valence-electron chi connectivity index (χ3n) is 2.06. The lowest BCUT2D eigenvalue weighted by molar-refractivity contribution is -0.120. The highest BCUT2D eigenvalue weighted by Gasteiger charge is 2.15. The van der Waals surface area contributed by atoms with Gasteiger partial charge in [0.15, 0.2) is 0 Å². The fourth-order valence-corrected chi connectivity index (χ4v) is 1.37. The van der Waals surface area contributed by atoms with Gasteiger partial charge in [-0.1, -0.05) is 6.92 Å². The first-order valence-corrected chi connectivity index (χ1v) is 5.02. The molecule has 0 fully saturated rings. The Morgan fingerprint density at radius 3 is 3.00 bits per heavy atom. The van der Waals surface area contributed by atoms with E-state index in [4.69, 9.17) is 4.74 Å². The molecule has 80 valence electrons. The quantitative estimate of drug-likeness (QED) is 0.687. The van der Waals surface area contributed by atoms with Gasteiger partial charge in [-0.2, -0.15) is 0 Å². The number of hydrogen-bond acceptors (Lipinski definition) is 3. The molecule has 0 saturated heterocycles. The van der Waals surface area contributed by atoms with E-state index in [0.29, 0.717) is 6.61 Å². The van der Waals surface area contributed by atoms with E-state index in [1.165, 1.54) is 6.92 Å². The molecule has 0 aromatic heterocycles. The van der Waals surface area contributed by atoms with Crippen LogP contribution in [0.25, 0.3) is 0 Å². The van der Waals surface area contributed by atoms with Crippen LogP contribution < -0.4 is 10.6 Å². The van der Waals surface area contributed by atoms with Crippen LogP contribution in [-0.4, -0.2) is 31.6 Å². The number of rotatable bonds is 4. The average Bonchev–Trinajstić information content (AvgIpc) is 2.16. The van der Waals surface area contributed by atoms with Gasteiger partial charge in [-0.3, -0.25) is 4.79 Å². The third kappa shape index (κ3) is 3.79. The summed E-state index contributed by atoms with van der Waals surface area (Å²) in [6.45, 7) is 5.89. The molecule has 0 spiro atoms. The Kier molecular flexibility index (Phi) is 4.46. The number of ether oxygens (including phenoxy) is 1. The molecule has 0 aromatic rings. The van der Waals surface area contributed by atoms with Crippen molar-refractivity contribution in [3.8, 4) is 0 Å². The van der Waals surface area contributed by atoms with Crippen LogP contribution in [0.3, 0.4) is 0 Å². The lowest BCUT2D eigenvalue weighted by atomic mass is 10.1. The first kappa shape index (κ1) is 11.0. The third-order valence-corrected chi connectivity index (χ3v) is 2.06. The van der Waals surface area contributed by atoms with Gasteiger partial charge in [0.1, 0.15) is 12.4 Å². The predicted octanol–water partition coefficient (Wildman–Crippen LogP) is 0.405. The summed E-state index contributed by atoms with van der Waals surface area (Å²) >= 11 is 0. The normalized spacial score (nSPS) is 21.0. The van der Waals surface area contributed by atoms with Gasteiger partial charge in [0.25, 0.3) is 0 Å². The van der Waals surface area contributed by atoms with Gasteiger partial charge in [0.2, 0.25) is 5.91 Å². The van der Waals surface area contributed by atoms with Crippen molar-refractivity contribution in [3.05, 3.63) is 11.8 Å². The smallest absolute Gasteiger partial charge is 0.217 e. The zero-order valence-corrected chi connectivity index (χ0v) is 8.80. The van der Waals surface area contributed by atoms with Gasteiger partial charge in [-0.25, -0.2) is 0 Å². The second-order valence-corrected chi connectivity index (χ2v) is 3.39. The Morgan fingerprint density at radius 1 is 1.71 bits per heavy atom. The topological polar surface area (TPSA) is 50.4 Å². The average molecular weight is 198 g/mol. The summed E-state index contributed by atoms with van der Waals surface area (Å²) in [5, 5.41) is 6.02. The first-order valence-electron chi connectivity index (χ1n) is 5.02. The standard InChI is InChI=1S/C10H18N2O2/c1-3-11-6-10-5-4-9(7-14-10)12-8(2)13/h5,9,11H,3-4,6-7H2,1-2H3,(H,12,13)/t9-/m1/s1. The summed E-state index contributed by atoms with van der Waals surface area (Å²) in [4.78, 5) is 10.8. The van der Waals surface area contributed by atoms with Crippen LogP contribution >= 0.6 is 0 Å². The van der Waals surface area contributed by atoms with Crippen LogP contribution in [-0.2, 0) is 9.53 Å². The largest absolute Gasteiger partial charge is 0.495 e. The molecular weight excluding hydrogens is 180 g/mol. The molecule has 1 rings (SSSR count). The highest BCUT2D eigenvalue weighted by atomic mass is 16.5. The minimum atomic E-state index is 0.00198. The van der Waals surface area contributed by atoms with Crippen LogP contribution in [0.4, 0.5) is 0 Å². The molecule has 0 bridgehead atoms. The Balaban J connectivity index is 2.28. The highest BCUT2D eigenvalue weighted by Crippen LogP contribution is 2.09. The van der Waals surface area contributed by atoms with E-state index in [0.717, 1.165) is 25.3 Å². The maximum absolute atomic E-state index is 10.8. The number of amides is 1. The predicted molar refractivity (Wildman–Crippen MR) is 54.8 cm³/mol. The zero-order valence-electron chi connectivity index (χ0n) is 8.80. The minimum Gasteiger partial charge on any atom is -0.495 e. The summed E-state index contributed by atoms with van der Waals surface area (Å²) in [6.07, 6.45) is 2.90. The van der Waals surface area contributed by atoms with Crippen LogP contribution in [0.15, 0.2) is 11.8 Å². The zero-order chi connectivity index (χ0) is 10.4. The summed E-state index contributed by atoms with van der Waals surface area (Å²) in [7, 11) is 0. The number of hydrogen-bond donors (Lipinski definition) is 2. The number of nitrogens with one attached hydrogen (secondary N) is 2. The van der Waals surface area contributed by atoms with E-state index < -0.39 is 0 Å². The monoisotopic (exact) mass is 198 g/mol. The summed E-state index contributed by atoms with van der Waals surface area (Å²) in [5.74, 6) is 0.982. The molecule has 2 N–H and O–H groups in total. The van der Waals surface area contributed by atoms with E-state index in [-0.39, 0.29) is 11.9 Å². The van der Waals surface area contributed by atoms with Crippen LogP contribution in [0.2, 0.25) is 0 Å². The van der Waals surface area contributed by atoms with Gasteiger partial charge in [0, 0.05) is 6.92 Å².